The predicted molar refractivity (Wildman–Crippen MR) is 126 cm³/mol. The van der Waals surface area contributed by atoms with Crippen molar-refractivity contribution >= 4 is 33.5 Å². The van der Waals surface area contributed by atoms with E-state index in [1.165, 1.54) is 25.1 Å². The lowest BCUT2D eigenvalue weighted by Crippen LogP contribution is -2.45. The summed E-state index contributed by atoms with van der Waals surface area (Å²) in [5.74, 6) is -2.24. The van der Waals surface area contributed by atoms with Crippen molar-refractivity contribution < 1.29 is 32.6 Å². The van der Waals surface area contributed by atoms with Gasteiger partial charge >= 0.3 is 5.97 Å². The summed E-state index contributed by atoms with van der Waals surface area (Å²) in [5.41, 5.74) is 0.275. The van der Waals surface area contributed by atoms with Gasteiger partial charge in [-0.05, 0) is 38.5 Å². The van der Waals surface area contributed by atoms with Crippen LogP contribution >= 0.6 is 0 Å². The summed E-state index contributed by atoms with van der Waals surface area (Å²) in [6.07, 6.45) is -0.696. The van der Waals surface area contributed by atoms with Crippen LogP contribution in [-0.2, 0) is 31.0 Å². The zero-order chi connectivity index (χ0) is 25.5. The third kappa shape index (κ3) is 8.49. The van der Waals surface area contributed by atoms with E-state index in [0.717, 1.165) is 5.56 Å². The summed E-state index contributed by atoms with van der Waals surface area (Å²) in [5, 5.41) is 19.9. The molecule has 0 heterocycles. The molecular formula is C23H29N3O7S. The molecule has 34 heavy (non-hydrogen) atoms. The maximum atomic E-state index is 13.2. The number of carboxylic acid groups (broad SMARTS) is 1. The molecule has 2 rings (SSSR count). The first-order chi connectivity index (χ1) is 15.8. The Morgan fingerprint density at radius 2 is 1.76 bits per heavy atom. The third-order valence-electron chi connectivity index (χ3n) is 4.20. The molecule has 0 saturated heterocycles. The highest BCUT2D eigenvalue weighted by Crippen LogP contribution is 2.29. The number of sulfonamides is 1. The Morgan fingerprint density at radius 1 is 1.12 bits per heavy atom. The monoisotopic (exact) mass is 491 g/mol. The van der Waals surface area contributed by atoms with E-state index in [9.17, 15) is 23.1 Å². The van der Waals surface area contributed by atoms with Crippen LogP contribution in [0.1, 0.15) is 39.7 Å². The molecule has 0 saturated carbocycles. The van der Waals surface area contributed by atoms with Gasteiger partial charge in [0.05, 0.1) is 6.42 Å². The molecule has 0 aliphatic heterocycles. The third-order valence-corrected chi connectivity index (χ3v) is 5.71. The molecule has 11 heteroatoms. The second-order valence-electron chi connectivity index (χ2n) is 8.47. The van der Waals surface area contributed by atoms with Gasteiger partial charge in [0.15, 0.2) is 5.90 Å². The first kappa shape index (κ1) is 26.8. The highest BCUT2D eigenvalue weighted by atomic mass is 32.2. The van der Waals surface area contributed by atoms with Gasteiger partial charge in [0.1, 0.15) is 28.9 Å². The second-order valence-corrected chi connectivity index (χ2v) is 10.1. The maximum Gasteiger partial charge on any atom is 0.305 e. The molecule has 0 aliphatic rings. The van der Waals surface area contributed by atoms with Gasteiger partial charge in [0.25, 0.3) is 0 Å². The lowest BCUT2D eigenvalue weighted by molar-refractivity contribution is -0.137. The van der Waals surface area contributed by atoms with Crippen LogP contribution in [0.25, 0.3) is 0 Å². The van der Waals surface area contributed by atoms with Crippen LogP contribution in [0.3, 0.4) is 0 Å². The number of amides is 1. The number of benzene rings is 2. The largest absolute Gasteiger partial charge is 0.487 e. The zero-order valence-corrected chi connectivity index (χ0v) is 20.2. The van der Waals surface area contributed by atoms with E-state index in [2.05, 4.69) is 10.0 Å². The quantitative estimate of drug-likeness (QED) is 0.294. The van der Waals surface area contributed by atoms with Crippen molar-refractivity contribution in [3.8, 4) is 5.75 Å². The molecule has 4 N–H and O–H groups in total. The molecular weight excluding hydrogens is 462 g/mol. The Bertz CT molecular complexity index is 1140. The van der Waals surface area contributed by atoms with Crippen molar-refractivity contribution in [2.24, 2.45) is 0 Å². The number of nitrogens with one attached hydrogen (secondary N) is 3. The van der Waals surface area contributed by atoms with Gasteiger partial charge in [0.2, 0.25) is 15.9 Å². The first-order valence-corrected chi connectivity index (χ1v) is 11.8. The van der Waals surface area contributed by atoms with E-state index in [4.69, 9.17) is 14.9 Å². The summed E-state index contributed by atoms with van der Waals surface area (Å²) in [6, 6.07) is 11.6. The summed E-state index contributed by atoms with van der Waals surface area (Å²) >= 11 is 0. The number of carboxylic acids is 1. The van der Waals surface area contributed by atoms with Crippen molar-refractivity contribution in [1.82, 2.24) is 4.72 Å². The fourth-order valence-electron chi connectivity index (χ4n) is 2.87. The molecule has 184 valence electrons. The second kappa shape index (κ2) is 11.1. The van der Waals surface area contributed by atoms with Gasteiger partial charge in [-0.1, -0.05) is 30.3 Å². The smallest absolute Gasteiger partial charge is 0.305 e. The number of anilines is 1. The van der Waals surface area contributed by atoms with E-state index < -0.39 is 40.0 Å². The Kier molecular flexibility index (Phi) is 8.77. The topological polar surface area (TPSA) is 155 Å². The Morgan fingerprint density at radius 3 is 2.32 bits per heavy atom. The molecule has 1 atom stereocenters. The Labute approximate surface area is 198 Å². The van der Waals surface area contributed by atoms with E-state index in [1.54, 1.807) is 32.9 Å². The van der Waals surface area contributed by atoms with E-state index in [0.29, 0.717) is 5.69 Å². The van der Waals surface area contributed by atoms with Crippen molar-refractivity contribution in [1.29, 1.82) is 5.41 Å². The average Bonchev–Trinajstić information content (AvgIpc) is 2.70. The number of hydrogen-bond acceptors (Lipinski definition) is 7. The minimum absolute atomic E-state index is 0.0500. The SMILES string of the molecule is CC(=O)Nc1ccc(S(=O)(=O)N[C@@H](CC(=O)O)C(=N)OC(C)(C)C)c(OCc2ccccc2)c1. The van der Waals surface area contributed by atoms with Crippen LogP contribution in [0.2, 0.25) is 0 Å². The number of carbonyl (C=O) groups excluding carboxylic acids is 1. The molecule has 1 amide bonds. The number of rotatable bonds is 10. The maximum absolute atomic E-state index is 13.2. The molecule has 2 aromatic carbocycles. The van der Waals surface area contributed by atoms with Crippen molar-refractivity contribution in [2.45, 2.75) is 57.3 Å². The van der Waals surface area contributed by atoms with Crippen molar-refractivity contribution in [3.63, 3.8) is 0 Å². The summed E-state index contributed by atoms with van der Waals surface area (Å²) in [4.78, 5) is 22.5. The number of carbonyl (C=O) groups is 2. The van der Waals surface area contributed by atoms with E-state index >= 15 is 0 Å². The van der Waals surface area contributed by atoms with Crippen LogP contribution in [-0.4, -0.2) is 42.9 Å². The fourth-order valence-corrected chi connectivity index (χ4v) is 4.20. The molecule has 0 spiro atoms. The number of ether oxygens (including phenoxy) is 2. The minimum Gasteiger partial charge on any atom is -0.487 e. The van der Waals surface area contributed by atoms with Crippen molar-refractivity contribution in [3.05, 3.63) is 54.1 Å². The van der Waals surface area contributed by atoms with Gasteiger partial charge in [-0.2, -0.15) is 4.72 Å². The van der Waals surface area contributed by atoms with Gasteiger partial charge < -0.3 is 19.9 Å². The summed E-state index contributed by atoms with van der Waals surface area (Å²) in [6.45, 7) is 6.33. The molecule has 0 aliphatic carbocycles. The van der Waals surface area contributed by atoms with Crippen LogP contribution in [0.5, 0.6) is 5.75 Å². The van der Waals surface area contributed by atoms with E-state index in [1.807, 2.05) is 18.2 Å². The number of aliphatic carboxylic acids is 1. The molecule has 0 unspecified atom stereocenters. The molecule has 2 aromatic rings. The Hall–Kier alpha value is -3.44. The molecule has 0 fully saturated rings. The highest BCUT2D eigenvalue weighted by Gasteiger charge is 2.31. The summed E-state index contributed by atoms with van der Waals surface area (Å²) < 4.78 is 39.9. The van der Waals surface area contributed by atoms with Gasteiger partial charge in [-0.25, -0.2) is 8.42 Å². The van der Waals surface area contributed by atoms with Crippen LogP contribution in [0.4, 0.5) is 5.69 Å². The molecule has 0 aromatic heterocycles. The van der Waals surface area contributed by atoms with Crippen LogP contribution in [0.15, 0.2) is 53.4 Å². The molecule has 0 bridgehead atoms. The van der Waals surface area contributed by atoms with Gasteiger partial charge in [-0.3, -0.25) is 15.0 Å². The minimum atomic E-state index is -4.36. The normalized spacial score (nSPS) is 12.5. The molecule has 10 nitrogen and oxygen atoms in total. The van der Waals surface area contributed by atoms with Gasteiger partial charge in [0, 0.05) is 18.7 Å². The average molecular weight is 492 g/mol. The lowest BCUT2D eigenvalue weighted by Gasteiger charge is -2.26. The Balaban J connectivity index is 2.40. The lowest BCUT2D eigenvalue weighted by atomic mass is 10.1. The van der Waals surface area contributed by atoms with Crippen LogP contribution in [0, 0.1) is 5.41 Å². The zero-order valence-electron chi connectivity index (χ0n) is 19.4. The van der Waals surface area contributed by atoms with Crippen molar-refractivity contribution in [2.75, 3.05) is 5.32 Å². The predicted octanol–water partition coefficient (Wildman–Crippen LogP) is 3.14. The van der Waals surface area contributed by atoms with E-state index in [-0.39, 0.29) is 23.2 Å². The standard InChI is InChI=1S/C23H29N3O7S/c1-15(27)25-17-10-11-20(19(12-17)32-14-16-8-6-5-7-9-16)34(30,31)26-18(13-21(28)29)22(24)33-23(2,3)4/h5-12,18,24,26H,13-14H2,1-4H3,(H,25,27)(H,28,29)/t18-/m0/s1. The van der Waals surface area contributed by atoms with Gasteiger partial charge in [-0.15, -0.1) is 0 Å². The first-order valence-electron chi connectivity index (χ1n) is 10.4. The summed E-state index contributed by atoms with van der Waals surface area (Å²) in [7, 11) is -4.36. The highest BCUT2D eigenvalue weighted by molar-refractivity contribution is 7.89. The number of hydrogen-bond donors (Lipinski definition) is 4. The fraction of sp³-hybridized carbons (Fsp3) is 0.348. The molecule has 0 radical (unpaired) electrons. The van der Waals surface area contributed by atoms with Crippen LogP contribution < -0.4 is 14.8 Å².